The molecule has 0 radical (unpaired) electrons. The van der Waals surface area contributed by atoms with Crippen LogP contribution in [0.25, 0.3) is 0 Å². The van der Waals surface area contributed by atoms with Gasteiger partial charge >= 0.3 is 5.76 Å². The van der Waals surface area contributed by atoms with Crippen LogP contribution in [0.4, 0.5) is 14.5 Å². The van der Waals surface area contributed by atoms with Crippen LogP contribution >= 0.6 is 0 Å². The van der Waals surface area contributed by atoms with E-state index >= 15 is 0 Å². The number of nitrogens with one attached hydrogen (secondary N) is 1. The highest BCUT2D eigenvalue weighted by atomic mass is 32.2. The van der Waals surface area contributed by atoms with Crippen LogP contribution in [0.3, 0.4) is 0 Å². The Balaban J connectivity index is 1.88. The Labute approximate surface area is 117 Å². The highest BCUT2D eigenvalue weighted by Crippen LogP contribution is 2.21. The minimum Gasteiger partial charge on any atom is -0.385 e. The second-order valence-corrected chi connectivity index (χ2v) is 6.69. The lowest BCUT2D eigenvalue weighted by Crippen LogP contribution is -2.12. The molecule has 1 aliphatic rings. The van der Waals surface area contributed by atoms with Crippen molar-refractivity contribution in [2.75, 3.05) is 25.1 Å². The predicted molar refractivity (Wildman–Crippen MR) is 71.7 cm³/mol. The summed E-state index contributed by atoms with van der Waals surface area (Å²) in [5.41, 5.74) is 0.720. The molecule has 0 saturated carbocycles. The van der Waals surface area contributed by atoms with Crippen molar-refractivity contribution in [3.8, 4) is 0 Å². The average Bonchev–Trinajstić information content (AvgIpc) is 2.92. The van der Waals surface area contributed by atoms with Gasteiger partial charge in [0, 0.05) is 25.4 Å². The van der Waals surface area contributed by atoms with Gasteiger partial charge in [-0.25, -0.2) is 8.42 Å². The molecule has 112 valence electrons. The van der Waals surface area contributed by atoms with Gasteiger partial charge in [-0.15, -0.1) is 0 Å². The Morgan fingerprint density at radius 1 is 1.30 bits per heavy atom. The highest BCUT2D eigenvalue weighted by Gasteiger charge is 2.26. The van der Waals surface area contributed by atoms with E-state index in [0.717, 1.165) is 38.3 Å². The number of rotatable bonds is 6. The fourth-order valence-corrected chi connectivity index (χ4v) is 2.82. The standard InChI is InChI=1S/C13H17F2NO3S/c14-13(15)20(17,18)12-3-1-11(2-4-12)16-7-5-10-6-8-19-9-10/h1-4,10,13,16H,5-9H2. The largest absolute Gasteiger partial charge is 0.385 e. The third kappa shape index (κ3) is 3.67. The van der Waals surface area contributed by atoms with Crippen molar-refractivity contribution >= 4 is 15.5 Å². The quantitative estimate of drug-likeness (QED) is 0.877. The van der Waals surface area contributed by atoms with Gasteiger partial charge in [-0.3, -0.25) is 0 Å². The van der Waals surface area contributed by atoms with Crippen LogP contribution in [0.15, 0.2) is 29.2 Å². The maximum atomic E-state index is 12.4. The SMILES string of the molecule is O=S(=O)(c1ccc(NCCC2CCOC2)cc1)C(F)F. The number of sulfone groups is 1. The number of halogens is 2. The lowest BCUT2D eigenvalue weighted by molar-refractivity contribution is 0.185. The van der Waals surface area contributed by atoms with E-state index in [1.807, 2.05) is 0 Å². The maximum absolute atomic E-state index is 12.4. The molecule has 1 N–H and O–H groups in total. The molecule has 1 unspecified atom stereocenters. The summed E-state index contributed by atoms with van der Waals surface area (Å²) in [5.74, 6) is -2.83. The van der Waals surface area contributed by atoms with Crippen LogP contribution in [-0.2, 0) is 14.6 Å². The normalized spacial score (nSPS) is 19.4. The van der Waals surface area contributed by atoms with Gasteiger partial charge in [-0.2, -0.15) is 8.78 Å². The van der Waals surface area contributed by atoms with Crippen LogP contribution in [-0.4, -0.2) is 33.9 Å². The first kappa shape index (κ1) is 15.2. The number of ether oxygens (including phenoxy) is 1. The smallest absolute Gasteiger partial charge is 0.341 e. The summed E-state index contributed by atoms with van der Waals surface area (Å²) in [6.07, 6.45) is 2.03. The molecule has 0 bridgehead atoms. The minimum atomic E-state index is -4.50. The van der Waals surface area contributed by atoms with Crippen molar-refractivity contribution in [2.45, 2.75) is 23.5 Å². The summed E-state index contributed by atoms with van der Waals surface area (Å²) in [6.45, 7) is 2.34. The Hall–Kier alpha value is -1.21. The molecule has 2 rings (SSSR count). The predicted octanol–water partition coefficient (Wildman–Crippen LogP) is 2.52. The zero-order chi connectivity index (χ0) is 14.6. The summed E-state index contributed by atoms with van der Waals surface area (Å²) in [6, 6.07) is 5.39. The minimum absolute atomic E-state index is 0.359. The van der Waals surface area contributed by atoms with E-state index in [9.17, 15) is 17.2 Å². The van der Waals surface area contributed by atoms with Gasteiger partial charge in [-0.1, -0.05) is 0 Å². The van der Waals surface area contributed by atoms with Crippen LogP contribution in [0.1, 0.15) is 12.8 Å². The molecule has 1 fully saturated rings. The molecule has 1 aliphatic heterocycles. The Kier molecular flexibility index (Phi) is 4.93. The Bertz CT molecular complexity index is 525. The molecule has 1 aromatic rings. The lowest BCUT2D eigenvalue weighted by atomic mass is 10.1. The van der Waals surface area contributed by atoms with Crippen molar-refractivity contribution in [2.24, 2.45) is 5.92 Å². The average molecular weight is 305 g/mol. The molecular formula is C13H17F2NO3S. The number of hydrogen-bond donors (Lipinski definition) is 1. The molecule has 0 aromatic heterocycles. The molecule has 0 aliphatic carbocycles. The summed E-state index contributed by atoms with van der Waals surface area (Å²) in [7, 11) is -4.50. The van der Waals surface area contributed by atoms with Crippen molar-refractivity contribution in [3.63, 3.8) is 0 Å². The number of hydrogen-bond acceptors (Lipinski definition) is 4. The molecule has 20 heavy (non-hydrogen) atoms. The molecule has 1 saturated heterocycles. The summed E-state index contributed by atoms with van der Waals surface area (Å²) >= 11 is 0. The fourth-order valence-electron chi connectivity index (χ4n) is 2.10. The highest BCUT2D eigenvalue weighted by molar-refractivity contribution is 7.91. The molecule has 1 heterocycles. The zero-order valence-corrected chi connectivity index (χ0v) is 11.7. The van der Waals surface area contributed by atoms with Gasteiger partial charge in [0.05, 0.1) is 4.90 Å². The van der Waals surface area contributed by atoms with Crippen molar-refractivity contribution in [1.82, 2.24) is 0 Å². The number of anilines is 1. The molecule has 4 nitrogen and oxygen atoms in total. The van der Waals surface area contributed by atoms with Crippen molar-refractivity contribution in [3.05, 3.63) is 24.3 Å². The maximum Gasteiger partial charge on any atom is 0.341 e. The molecule has 7 heteroatoms. The van der Waals surface area contributed by atoms with E-state index in [0.29, 0.717) is 5.92 Å². The first-order valence-corrected chi connectivity index (χ1v) is 7.98. The van der Waals surface area contributed by atoms with Gasteiger partial charge in [0.1, 0.15) is 0 Å². The monoisotopic (exact) mass is 305 g/mol. The second kappa shape index (κ2) is 6.49. The molecule has 0 amide bonds. The van der Waals surface area contributed by atoms with Gasteiger partial charge in [0.15, 0.2) is 0 Å². The Morgan fingerprint density at radius 2 is 2.00 bits per heavy atom. The summed E-state index contributed by atoms with van der Waals surface area (Å²) in [4.78, 5) is -0.359. The van der Waals surface area contributed by atoms with E-state index in [2.05, 4.69) is 5.32 Å². The van der Waals surface area contributed by atoms with Crippen LogP contribution in [0.2, 0.25) is 0 Å². The van der Waals surface area contributed by atoms with Crippen LogP contribution in [0, 0.1) is 5.92 Å². The molecular weight excluding hydrogens is 288 g/mol. The van der Waals surface area contributed by atoms with Crippen molar-refractivity contribution in [1.29, 1.82) is 0 Å². The van der Waals surface area contributed by atoms with Gasteiger partial charge in [0.2, 0.25) is 9.84 Å². The Morgan fingerprint density at radius 3 is 2.55 bits per heavy atom. The van der Waals surface area contributed by atoms with Crippen LogP contribution < -0.4 is 5.32 Å². The van der Waals surface area contributed by atoms with Gasteiger partial charge < -0.3 is 10.1 Å². The van der Waals surface area contributed by atoms with Gasteiger partial charge in [0.25, 0.3) is 0 Å². The van der Waals surface area contributed by atoms with E-state index in [1.54, 1.807) is 0 Å². The van der Waals surface area contributed by atoms with E-state index in [-0.39, 0.29) is 4.90 Å². The number of benzene rings is 1. The first-order chi connectivity index (χ1) is 9.50. The topological polar surface area (TPSA) is 55.4 Å². The van der Waals surface area contributed by atoms with Crippen molar-refractivity contribution < 1.29 is 21.9 Å². The molecule has 1 aromatic carbocycles. The summed E-state index contributed by atoms with van der Waals surface area (Å²) < 4.78 is 52.5. The fraction of sp³-hybridized carbons (Fsp3) is 0.538. The second-order valence-electron chi connectivity index (χ2n) is 4.78. The summed E-state index contributed by atoms with van der Waals surface area (Å²) in [5, 5.41) is 3.14. The molecule has 0 spiro atoms. The third-order valence-corrected chi connectivity index (χ3v) is 4.72. The lowest BCUT2D eigenvalue weighted by Gasteiger charge is -2.10. The number of alkyl halides is 2. The van der Waals surface area contributed by atoms with Gasteiger partial charge in [-0.05, 0) is 43.0 Å². The first-order valence-electron chi connectivity index (χ1n) is 6.44. The van der Waals surface area contributed by atoms with Crippen LogP contribution in [0.5, 0.6) is 0 Å². The van der Waals surface area contributed by atoms with E-state index in [4.69, 9.17) is 4.74 Å². The van der Waals surface area contributed by atoms with E-state index in [1.165, 1.54) is 24.3 Å². The third-order valence-electron chi connectivity index (χ3n) is 3.32. The zero-order valence-electron chi connectivity index (χ0n) is 10.9. The van der Waals surface area contributed by atoms with E-state index < -0.39 is 15.6 Å². The molecule has 1 atom stereocenters.